The molecule has 0 bridgehead atoms. The first-order chi connectivity index (χ1) is 8.78. The van der Waals surface area contributed by atoms with Gasteiger partial charge < -0.3 is 14.7 Å². The summed E-state index contributed by atoms with van der Waals surface area (Å²) in [5.74, 6) is 0. The summed E-state index contributed by atoms with van der Waals surface area (Å²) in [5.41, 5.74) is 2.57. The summed E-state index contributed by atoms with van der Waals surface area (Å²) in [6, 6.07) is 0. The Morgan fingerprint density at radius 3 is 2.58 bits per heavy atom. The second kappa shape index (κ2) is 6.40. The fourth-order valence-electron chi connectivity index (χ4n) is 1.70. The van der Waals surface area contributed by atoms with Crippen LogP contribution in [0.5, 0.6) is 0 Å². The Morgan fingerprint density at radius 1 is 1.32 bits per heavy atom. The smallest absolute Gasteiger partial charge is 0.428 e. The molecule has 2 amide bonds. The van der Waals surface area contributed by atoms with Crippen molar-refractivity contribution in [3.63, 3.8) is 0 Å². The molecule has 1 rings (SSSR count). The van der Waals surface area contributed by atoms with E-state index in [-0.39, 0.29) is 0 Å². The van der Waals surface area contributed by atoms with Gasteiger partial charge in [-0.15, -0.1) is 0 Å². The highest BCUT2D eigenvalue weighted by Gasteiger charge is 2.18. The molecule has 0 aromatic carbocycles. The van der Waals surface area contributed by atoms with Gasteiger partial charge in [-0.25, -0.2) is 15.0 Å². The summed E-state index contributed by atoms with van der Waals surface area (Å²) < 4.78 is 5.06. The molecule has 1 aliphatic rings. The van der Waals surface area contributed by atoms with Crippen LogP contribution in [0, 0.1) is 0 Å². The highest BCUT2D eigenvalue weighted by Crippen LogP contribution is 2.09. The first-order valence-corrected chi connectivity index (χ1v) is 6.30. The molecule has 19 heavy (non-hydrogen) atoms. The number of hydrogen-bond acceptors (Lipinski definition) is 4. The fourth-order valence-corrected chi connectivity index (χ4v) is 1.70. The molecule has 1 aliphatic heterocycles. The van der Waals surface area contributed by atoms with Crippen LogP contribution in [0.4, 0.5) is 9.59 Å². The lowest BCUT2D eigenvalue weighted by Gasteiger charge is -2.18. The average molecular weight is 271 g/mol. The summed E-state index contributed by atoms with van der Waals surface area (Å²) in [7, 11) is 0. The third-order valence-electron chi connectivity index (χ3n) is 2.54. The quantitative estimate of drug-likeness (QED) is 0.714. The molecule has 0 atom stereocenters. The van der Waals surface area contributed by atoms with Crippen LogP contribution >= 0.6 is 0 Å². The van der Waals surface area contributed by atoms with Crippen molar-refractivity contribution in [2.24, 2.45) is 5.10 Å². The van der Waals surface area contributed by atoms with Crippen LogP contribution in [0.2, 0.25) is 0 Å². The van der Waals surface area contributed by atoms with E-state index in [4.69, 9.17) is 9.84 Å². The SMILES string of the molecule is CC(C)(C)OC(=O)N/N=C1/CCCN(C(=O)O)CC1. The molecule has 1 heterocycles. The van der Waals surface area contributed by atoms with Crippen LogP contribution < -0.4 is 5.43 Å². The normalized spacial score (nSPS) is 18.9. The minimum Gasteiger partial charge on any atom is -0.465 e. The number of likely N-dealkylation sites (tertiary alicyclic amines) is 1. The van der Waals surface area contributed by atoms with Crippen molar-refractivity contribution in [1.29, 1.82) is 0 Å². The maximum atomic E-state index is 11.4. The first kappa shape index (κ1) is 15.3. The van der Waals surface area contributed by atoms with E-state index in [0.717, 1.165) is 5.71 Å². The molecule has 0 aromatic heterocycles. The Kier molecular flexibility index (Phi) is 5.14. The molecule has 1 fully saturated rings. The van der Waals surface area contributed by atoms with Crippen LogP contribution in [0.1, 0.15) is 40.0 Å². The lowest BCUT2D eigenvalue weighted by molar-refractivity contribution is 0.0529. The van der Waals surface area contributed by atoms with Gasteiger partial charge >= 0.3 is 12.2 Å². The Balaban J connectivity index is 2.45. The lowest BCUT2D eigenvalue weighted by atomic mass is 10.2. The zero-order valence-electron chi connectivity index (χ0n) is 11.6. The van der Waals surface area contributed by atoms with E-state index in [2.05, 4.69) is 10.5 Å². The zero-order valence-corrected chi connectivity index (χ0v) is 11.6. The van der Waals surface area contributed by atoms with E-state index in [1.165, 1.54) is 4.90 Å². The molecule has 0 unspecified atom stereocenters. The summed E-state index contributed by atoms with van der Waals surface area (Å²) >= 11 is 0. The van der Waals surface area contributed by atoms with Gasteiger partial charge in [0.2, 0.25) is 0 Å². The van der Waals surface area contributed by atoms with Crippen LogP contribution in [-0.2, 0) is 4.74 Å². The molecule has 108 valence electrons. The fraction of sp³-hybridized carbons (Fsp3) is 0.750. The molecule has 0 aromatic rings. The van der Waals surface area contributed by atoms with E-state index in [1.54, 1.807) is 20.8 Å². The monoisotopic (exact) mass is 271 g/mol. The van der Waals surface area contributed by atoms with Crippen molar-refractivity contribution in [2.45, 2.75) is 45.6 Å². The molecule has 1 saturated heterocycles. The molecule has 7 heteroatoms. The minimum atomic E-state index is -0.915. The van der Waals surface area contributed by atoms with Crippen LogP contribution in [0.3, 0.4) is 0 Å². The number of nitrogens with zero attached hydrogens (tertiary/aromatic N) is 2. The van der Waals surface area contributed by atoms with Crippen LogP contribution in [-0.4, -0.2) is 46.6 Å². The van der Waals surface area contributed by atoms with Crippen molar-refractivity contribution in [1.82, 2.24) is 10.3 Å². The third kappa shape index (κ3) is 6.08. The molecule has 0 aliphatic carbocycles. The molecule has 2 N–H and O–H groups in total. The van der Waals surface area contributed by atoms with Gasteiger partial charge in [-0.2, -0.15) is 5.10 Å². The molecule has 0 spiro atoms. The van der Waals surface area contributed by atoms with Crippen LogP contribution in [0.25, 0.3) is 0 Å². The predicted octanol–water partition coefficient (Wildman–Crippen LogP) is 2.03. The van der Waals surface area contributed by atoms with Gasteiger partial charge in [-0.05, 0) is 33.6 Å². The molecule has 0 radical (unpaired) electrons. The third-order valence-corrected chi connectivity index (χ3v) is 2.54. The molecule has 7 nitrogen and oxygen atoms in total. The molecular formula is C12H21N3O4. The maximum Gasteiger partial charge on any atom is 0.428 e. The standard InChI is InChI=1S/C12H21N3O4/c1-12(2,3)19-10(16)14-13-9-5-4-7-15(8-6-9)11(17)18/h4-8H2,1-3H3,(H,14,16)(H,17,18)/b13-9-. The topological polar surface area (TPSA) is 91.2 Å². The first-order valence-electron chi connectivity index (χ1n) is 6.30. The van der Waals surface area contributed by atoms with Crippen molar-refractivity contribution in [3.05, 3.63) is 0 Å². The number of amides is 2. The number of carbonyl (C=O) groups is 2. The Bertz CT molecular complexity index is 374. The number of carbonyl (C=O) groups excluding carboxylic acids is 1. The Morgan fingerprint density at radius 2 is 2.00 bits per heavy atom. The Hall–Kier alpha value is -1.79. The number of ether oxygens (including phenoxy) is 1. The van der Waals surface area contributed by atoms with Gasteiger partial charge in [0.25, 0.3) is 0 Å². The predicted molar refractivity (Wildman–Crippen MR) is 70.3 cm³/mol. The van der Waals surface area contributed by atoms with Gasteiger partial charge in [-0.1, -0.05) is 0 Å². The highest BCUT2D eigenvalue weighted by atomic mass is 16.6. The Labute approximate surface area is 112 Å². The van der Waals surface area contributed by atoms with Gasteiger partial charge in [0.05, 0.1) is 0 Å². The van der Waals surface area contributed by atoms with Gasteiger partial charge in [-0.3, -0.25) is 0 Å². The number of carboxylic acid groups (broad SMARTS) is 1. The van der Waals surface area contributed by atoms with Crippen molar-refractivity contribution < 1.29 is 19.4 Å². The number of hydrazone groups is 1. The maximum absolute atomic E-state index is 11.4. The summed E-state index contributed by atoms with van der Waals surface area (Å²) in [4.78, 5) is 23.6. The van der Waals surface area contributed by atoms with Gasteiger partial charge in [0, 0.05) is 25.2 Å². The second-order valence-corrected chi connectivity index (χ2v) is 5.41. The highest BCUT2D eigenvalue weighted by molar-refractivity contribution is 5.86. The summed E-state index contributed by atoms with van der Waals surface area (Å²) in [5, 5.41) is 12.9. The van der Waals surface area contributed by atoms with E-state index in [1.807, 2.05) is 0 Å². The molecule has 0 saturated carbocycles. The van der Waals surface area contributed by atoms with E-state index in [0.29, 0.717) is 32.4 Å². The van der Waals surface area contributed by atoms with Gasteiger partial charge in [0.15, 0.2) is 0 Å². The second-order valence-electron chi connectivity index (χ2n) is 5.41. The minimum absolute atomic E-state index is 0.407. The van der Waals surface area contributed by atoms with Crippen molar-refractivity contribution in [2.75, 3.05) is 13.1 Å². The average Bonchev–Trinajstić information content (AvgIpc) is 2.49. The largest absolute Gasteiger partial charge is 0.465 e. The van der Waals surface area contributed by atoms with E-state index in [9.17, 15) is 9.59 Å². The van der Waals surface area contributed by atoms with E-state index >= 15 is 0 Å². The van der Waals surface area contributed by atoms with Crippen LogP contribution in [0.15, 0.2) is 5.10 Å². The number of rotatable bonds is 1. The van der Waals surface area contributed by atoms with E-state index < -0.39 is 17.8 Å². The number of nitrogens with one attached hydrogen (secondary N) is 1. The van der Waals surface area contributed by atoms with Gasteiger partial charge in [0.1, 0.15) is 5.60 Å². The number of hydrogen-bond donors (Lipinski definition) is 2. The summed E-state index contributed by atoms with van der Waals surface area (Å²) in [6.45, 7) is 6.23. The summed E-state index contributed by atoms with van der Waals surface area (Å²) in [6.07, 6.45) is 0.406. The van der Waals surface area contributed by atoms with Crippen molar-refractivity contribution >= 4 is 17.9 Å². The zero-order chi connectivity index (χ0) is 14.5. The lowest BCUT2D eigenvalue weighted by Crippen LogP contribution is -2.31. The van der Waals surface area contributed by atoms with Crippen molar-refractivity contribution in [3.8, 4) is 0 Å². The molecular weight excluding hydrogens is 250 g/mol.